The van der Waals surface area contributed by atoms with Crippen LogP contribution in [-0.4, -0.2) is 23.9 Å². The summed E-state index contributed by atoms with van der Waals surface area (Å²) < 4.78 is 26.1. The molecular weight excluding hydrogens is 238 g/mol. The van der Waals surface area contributed by atoms with Gasteiger partial charge in [-0.1, -0.05) is 13.8 Å². The molecule has 1 fully saturated rings. The Morgan fingerprint density at radius 3 is 2.22 bits per heavy atom. The Kier molecular flexibility index (Phi) is 5.08. The van der Waals surface area contributed by atoms with Gasteiger partial charge in [-0.3, -0.25) is 4.79 Å². The number of nitrogens with one attached hydrogen (secondary N) is 1. The minimum absolute atomic E-state index is 0.111. The van der Waals surface area contributed by atoms with Crippen LogP contribution in [0.2, 0.25) is 0 Å². The van der Waals surface area contributed by atoms with E-state index < -0.39 is 5.92 Å². The standard InChI is InChI=1S/C13H24F2N2O/c1-3-12(4-2,9-16)17-11(18)10-5-7-13(14,15)8-6-10/h10H,3-9,16H2,1-2H3,(H,17,18). The lowest BCUT2D eigenvalue weighted by molar-refractivity contribution is -0.131. The molecule has 1 saturated carbocycles. The Bertz CT molecular complexity index is 272. The first-order chi connectivity index (χ1) is 8.38. The summed E-state index contributed by atoms with van der Waals surface area (Å²) in [6, 6.07) is 0. The summed E-state index contributed by atoms with van der Waals surface area (Å²) >= 11 is 0. The van der Waals surface area contributed by atoms with Crippen molar-refractivity contribution in [3.8, 4) is 0 Å². The Balaban J connectivity index is 2.56. The third-order valence-electron chi connectivity index (χ3n) is 4.22. The summed E-state index contributed by atoms with van der Waals surface area (Å²) in [5, 5.41) is 2.97. The van der Waals surface area contributed by atoms with Gasteiger partial charge in [0.2, 0.25) is 11.8 Å². The van der Waals surface area contributed by atoms with Crippen molar-refractivity contribution in [2.45, 2.75) is 63.8 Å². The normalized spacial score (nSPS) is 20.7. The minimum Gasteiger partial charge on any atom is -0.349 e. The van der Waals surface area contributed by atoms with Crippen LogP contribution in [0.15, 0.2) is 0 Å². The molecule has 5 heteroatoms. The quantitative estimate of drug-likeness (QED) is 0.799. The molecule has 1 rings (SSSR count). The number of carbonyl (C=O) groups excluding carboxylic acids is 1. The lowest BCUT2D eigenvalue weighted by atomic mass is 9.84. The topological polar surface area (TPSA) is 55.1 Å². The fourth-order valence-electron chi connectivity index (χ4n) is 2.43. The van der Waals surface area contributed by atoms with Gasteiger partial charge in [0.15, 0.2) is 0 Å². The average Bonchev–Trinajstić information content (AvgIpc) is 2.36. The molecule has 0 unspecified atom stereocenters. The first-order valence-electron chi connectivity index (χ1n) is 6.78. The number of hydrogen-bond donors (Lipinski definition) is 2. The first kappa shape index (κ1) is 15.3. The van der Waals surface area contributed by atoms with E-state index in [0.29, 0.717) is 6.54 Å². The molecule has 0 aromatic rings. The molecule has 106 valence electrons. The number of hydrogen-bond acceptors (Lipinski definition) is 2. The monoisotopic (exact) mass is 262 g/mol. The van der Waals surface area contributed by atoms with Crippen LogP contribution in [0.25, 0.3) is 0 Å². The zero-order valence-corrected chi connectivity index (χ0v) is 11.3. The van der Waals surface area contributed by atoms with E-state index >= 15 is 0 Å². The molecule has 1 amide bonds. The summed E-state index contributed by atoms with van der Waals surface area (Å²) in [6.45, 7) is 4.34. The van der Waals surface area contributed by atoms with Gasteiger partial charge < -0.3 is 11.1 Å². The third kappa shape index (κ3) is 3.64. The van der Waals surface area contributed by atoms with Gasteiger partial charge >= 0.3 is 0 Å². The molecule has 0 bridgehead atoms. The van der Waals surface area contributed by atoms with Crippen LogP contribution < -0.4 is 11.1 Å². The summed E-state index contributed by atoms with van der Waals surface area (Å²) in [7, 11) is 0. The highest BCUT2D eigenvalue weighted by molar-refractivity contribution is 5.79. The number of nitrogens with two attached hydrogens (primary N) is 1. The van der Waals surface area contributed by atoms with Crippen LogP contribution in [-0.2, 0) is 4.79 Å². The zero-order valence-electron chi connectivity index (χ0n) is 11.3. The second-order valence-electron chi connectivity index (χ2n) is 5.31. The van der Waals surface area contributed by atoms with Gasteiger partial charge in [0.05, 0.1) is 5.54 Å². The summed E-state index contributed by atoms with van der Waals surface area (Å²) in [5.41, 5.74) is 5.34. The number of alkyl halides is 2. The van der Waals surface area contributed by atoms with E-state index in [1.807, 2.05) is 13.8 Å². The fraction of sp³-hybridized carbons (Fsp3) is 0.923. The van der Waals surface area contributed by atoms with Crippen LogP contribution >= 0.6 is 0 Å². The molecule has 3 N–H and O–H groups in total. The summed E-state index contributed by atoms with van der Waals surface area (Å²) in [4.78, 5) is 12.1. The molecule has 1 aliphatic rings. The summed E-state index contributed by atoms with van der Waals surface area (Å²) in [6.07, 6.45) is 1.70. The number of halogens is 2. The van der Waals surface area contributed by atoms with Crippen LogP contribution in [0, 0.1) is 5.92 Å². The van der Waals surface area contributed by atoms with E-state index in [4.69, 9.17) is 5.73 Å². The van der Waals surface area contributed by atoms with Crippen LogP contribution in [0.3, 0.4) is 0 Å². The maximum absolute atomic E-state index is 13.0. The predicted octanol–water partition coefficient (Wildman–Crippen LogP) is 2.45. The van der Waals surface area contributed by atoms with Crippen molar-refractivity contribution in [1.29, 1.82) is 0 Å². The third-order valence-corrected chi connectivity index (χ3v) is 4.22. The second kappa shape index (κ2) is 5.95. The lowest BCUT2D eigenvalue weighted by Crippen LogP contribution is -2.54. The van der Waals surface area contributed by atoms with Gasteiger partial charge in [-0.05, 0) is 25.7 Å². The largest absolute Gasteiger partial charge is 0.349 e. The summed E-state index contributed by atoms with van der Waals surface area (Å²) in [5.74, 6) is -2.98. The van der Waals surface area contributed by atoms with Gasteiger partial charge in [-0.2, -0.15) is 0 Å². The molecule has 0 aromatic carbocycles. The van der Waals surface area contributed by atoms with Crippen molar-refractivity contribution in [3.63, 3.8) is 0 Å². The van der Waals surface area contributed by atoms with E-state index in [1.165, 1.54) is 0 Å². The predicted molar refractivity (Wildman–Crippen MR) is 67.4 cm³/mol. The smallest absolute Gasteiger partial charge is 0.248 e. The lowest BCUT2D eigenvalue weighted by Gasteiger charge is -2.35. The van der Waals surface area contributed by atoms with Crippen LogP contribution in [0.5, 0.6) is 0 Å². The Morgan fingerprint density at radius 2 is 1.83 bits per heavy atom. The van der Waals surface area contributed by atoms with Crippen molar-refractivity contribution in [3.05, 3.63) is 0 Å². The Hall–Kier alpha value is -0.710. The maximum Gasteiger partial charge on any atom is 0.248 e. The average molecular weight is 262 g/mol. The van der Waals surface area contributed by atoms with Gasteiger partial charge in [-0.15, -0.1) is 0 Å². The van der Waals surface area contributed by atoms with Gasteiger partial charge in [0.1, 0.15) is 0 Å². The molecular formula is C13H24F2N2O. The second-order valence-corrected chi connectivity index (χ2v) is 5.31. The number of amides is 1. The van der Waals surface area contributed by atoms with Gasteiger partial charge in [-0.25, -0.2) is 8.78 Å². The Labute approximate surface area is 107 Å². The highest BCUT2D eigenvalue weighted by atomic mass is 19.3. The molecule has 0 heterocycles. The highest BCUT2D eigenvalue weighted by Crippen LogP contribution is 2.36. The SMILES string of the molecule is CCC(CC)(CN)NC(=O)C1CCC(F)(F)CC1. The highest BCUT2D eigenvalue weighted by Gasteiger charge is 2.38. The van der Waals surface area contributed by atoms with Crippen molar-refractivity contribution in [1.82, 2.24) is 5.32 Å². The zero-order chi connectivity index (χ0) is 13.8. The number of rotatable bonds is 5. The van der Waals surface area contributed by atoms with Crippen molar-refractivity contribution < 1.29 is 13.6 Å². The van der Waals surface area contributed by atoms with Crippen molar-refractivity contribution in [2.24, 2.45) is 11.7 Å². The fourth-order valence-corrected chi connectivity index (χ4v) is 2.43. The maximum atomic E-state index is 13.0. The molecule has 3 nitrogen and oxygen atoms in total. The molecule has 0 radical (unpaired) electrons. The van der Waals surface area contributed by atoms with Crippen LogP contribution in [0.4, 0.5) is 8.78 Å². The van der Waals surface area contributed by atoms with Crippen LogP contribution in [0.1, 0.15) is 52.4 Å². The van der Waals surface area contributed by atoms with E-state index in [9.17, 15) is 13.6 Å². The van der Waals surface area contributed by atoms with Gasteiger partial charge in [0, 0.05) is 25.3 Å². The van der Waals surface area contributed by atoms with E-state index in [-0.39, 0.29) is 43.0 Å². The minimum atomic E-state index is -2.59. The van der Waals surface area contributed by atoms with E-state index in [2.05, 4.69) is 5.32 Å². The molecule has 0 aliphatic heterocycles. The molecule has 18 heavy (non-hydrogen) atoms. The van der Waals surface area contributed by atoms with E-state index in [1.54, 1.807) is 0 Å². The molecule has 0 spiro atoms. The van der Waals surface area contributed by atoms with Crippen molar-refractivity contribution in [2.75, 3.05) is 6.54 Å². The van der Waals surface area contributed by atoms with Gasteiger partial charge in [0.25, 0.3) is 0 Å². The Morgan fingerprint density at radius 1 is 1.33 bits per heavy atom. The first-order valence-corrected chi connectivity index (χ1v) is 6.78. The molecule has 0 saturated heterocycles. The van der Waals surface area contributed by atoms with E-state index in [0.717, 1.165) is 12.8 Å². The molecule has 1 aliphatic carbocycles. The molecule has 0 atom stereocenters. The number of carbonyl (C=O) groups is 1. The van der Waals surface area contributed by atoms with Crippen molar-refractivity contribution >= 4 is 5.91 Å². The molecule has 0 aromatic heterocycles.